The molecule has 0 aliphatic rings. The molecule has 0 aliphatic heterocycles. The third kappa shape index (κ3) is 18.3. The van der Waals surface area contributed by atoms with E-state index >= 15 is 0 Å². The van der Waals surface area contributed by atoms with Gasteiger partial charge in [0.15, 0.2) is 17.3 Å². The summed E-state index contributed by atoms with van der Waals surface area (Å²) in [6, 6.07) is 0. The molecular weight excluding hydrogens is 364 g/mol. The van der Waals surface area contributed by atoms with Crippen molar-refractivity contribution >= 4 is 17.3 Å². The van der Waals surface area contributed by atoms with Crippen LogP contribution in [-0.4, -0.2) is 17.3 Å². The van der Waals surface area contributed by atoms with Crippen molar-refractivity contribution in [2.45, 2.75) is 62.3 Å². The minimum Gasteiger partial charge on any atom is -0.875 e. The molecule has 1 radical (unpaired) electrons. The molecule has 0 saturated carbocycles. The normalized spacial score (nSPS) is 12.4. The van der Waals surface area contributed by atoms with Gasteiger partial charge >= 0.3 is 17.4 Å². The Hall–Kier alpha value is -1.84. The third-order valence-electron chi connectivity index (χ3n) is 3.17. The Morgan fingerprint density at radius 2 is 0.560 bits per heavy atom. The van der Waals surface area contributed by atoms with E-state index < -0.39 is 0 Å². The molecule has 7 heteroatoms. The fraction of sp³-hybridized carbons (Fsp3) is 0.500. The van der Waals surface area contributed by atoms with Crippen molar-refractivity contribution in [3.63, 3.8) is 0 Å². The van der Waals surface area contributed by atoms with Crippen molar-refractivity contribution in [1.29, 1.82) is 0 Å². The van der Waals surface area contributed by atoms with Gasteiger partial charge in [-0.25, -0.2) is 0 Å². The monoisotopic (exact) mass is 391 g/mol. The fourth-order valence-corrected chi connectivity index (χ4v) is 0.744. The standard InChI is InChI=1S/3C6H10O2.Cr/c3*1-4(5(2)7)6(3)8;/h3*7H,1-3H3;/q;;;+3/p-3/b3*5-4-;. The summed E-state index contributed by atoms with van der Waals surface area (Å²) in [6.45, 7) is 12.9. The maximum Gasteiger partial charge on any atom is 3.00 e. The van der Waals surface area contributed by atoms with Crippen LogP contribution in [0.5, 0.6) is 0 Å². The maximum absolute atomic E-state index is 10.3. The van der Waals surface area contributed by atoms with E-state index in [1.807, 2.05) is 0 Å². The first-order valence-corrected chi connectivity index (χ1v) is 7.22. The Bertz CT molecular complexity index is 475. The summed E-state index contributed by atoms with van der Waals surface area (Å²) in [5.74, 6) is -0.847. The predicted octanol–water partition coefficient (Wildman–Crippen LogP) is 0.686. The molecule has 0 heterocycles. The van der Waals surface area contributed by atoms with Gasteiger partial charge in [-0.2, -0.15) is 0 Å². The number of hydrogen-bond donors (Lipinski definition) is 0. The molecule has 0 aromatic carbocycles. The number of hydrogen-bond acceptors (Lipinski definition) is 6. The van der Waals surface area contributed by atoms with Crippen molar-refractivity contribution in [1.82, 2.24) is 0 Å². The molecule has 0 rings (SSSR count). The number of ketones is 3. The molecule has 0 amide bonds. The van der Waals surface area contributed by atoms with E-state index in [9.17, 15) is 29.7 Å². The molecule has 0 aromatic heterocycles. The van der Waals surface area contributed by atoms with E-state index in [4.69, 9.17) is 0 Å². The molecule has 141 valence electrons. The summed E-state index contributed by atoms with van der Waals surface area (Å²) in [4.78, 5) is 31.0. The maximum atomic E-state index is 10.3. The molecule has 0 fully saturated rings. The van der Waals surface area contributed by atoms with Crippen molar-refractivity contribution < 1.29 is 47.1 Å². The second-order valence-electron chi connectivity index (χ2n) is 5.21. The number of carbonyl (C=O) groups excluding carboxylic acids is 3. The van der Waals surface area contributed by atoms with Crippen LogP contribution in [0.25, 0.3) is 0 Å². The minimum atomic E-state index is -0.141. The van der Waals surface area contributed by atoms with Crippen LogP contribution >= 0.6 is 0 Å². The van der Waals surface area contributed by atoms with Crippen LogP contribution in [0.15, 0.2) is 34.0 Å². The molecule has 0 saturated heterocycles. The first kappa shape index (κ1) is 31.0. The first-order valence-electron chi connectivity index (χ1n) is 7.22. The van der Waals surface area contributed by atoms with Crippen molar-refractivity contribution in [2.24, 2.45) is 0 Å². The number of Topliss-reactive ketones (excluding diaryl/α,β-unsaturated/α-hetero) is 3. The van der Waals surface area contributed by atoms with Crippen LogP contribution in [0.2, 0.25) is 0 Å². The van der Waals surface area contributed by atoms with Crippen molar-refractivity contribution in [3.05, 3.63) is 34.0 Å². The van der Waals surface area contributed by atoms with Crippen LogP contribution in [-0.2, 0) is 31.7 Å². The molecule has 0 unspecified atom stereocenters. The zero-order valence-electron chi connectivity index (χ0n) is 16.4. The SMILES string of the molecule is CC(=O)/C(C)=C(/C)[O-].CC(=O)/C(C)=C(/C)[O-].CC(=O)/C(C)=C(/C)[O-].[Cr+3]. The Labute approximate surface area is 161 Å². The number of carbonyl (C=O) groups is 3. The molecule has 0 atom stereocenters. The summed E-state index contributed by atoms with van der Waals surface area (Å²) in [5, 5.41) is 31.0. The number of allylic oxidation sites excluding steroid dienone is 6. The second kappa shape index (κ2) is 15.7. The molecule has 0 bridgehead atoms. The van der Waals surface area contributed by atoms with Crippen LogP contribution in [0.4, 0.5) is 0 Å². The van der Waals surface area contributed by atoms with Crippen LogP contribution < -0.4 is 15.3 Å². The van der Waals surface area contributed by atoms with Crippen LogP contribution in [0, 0.1) is 0 Å². The first-order chi connectivity index (χ1) is 10.7. The minimum absolute atomic E-state index is 0. The van der Waals surface area contributed by atoms with E-state index in [0.717, 1.165) is 0 Å². The van der Waals surface area contributed by atoms with Gasteiger partial charge in [-0.15, -0.1) is 17.3 Å². The number of rotatable bonds is 3. The molecule has 0 N–H and O–H groups in total. The van der Waals surface area contributed by atoms with Crippen molar-refractivity contribution in [2.75, 3.05) is 0 Å². The van der Waals surface area contributed by atoms with Gasteiger partial charge in [0.2, 0.25) is 0 Å². The summed E-state index contributed by atoms with van der Waals surface area (Å²) in [5.41, 5.74) is 0.972. The van der Waals surface area contributed by atoms with Gasteiger partial charge in [0.1, 0.15) is 0 Å². The average Bonchev–Trinajstić information content (AvgIpc) is 2.45. The summed E-state index contributed by atoms with van der Waals surface area (Å²) in [6.07, 6.45) is 0. The van der Waals surface area contributed by atoms with E-state index in [1.165, 1.54) is 62.3 Å². The van der Waals surface area contributed by atoms with E-state index in [1.54, 1.807) is 0 Å². The molecule has 0 aromatic rings. The zero-order chi connectivity index (χ0) is 20.2. The summed E-state index contributed by atoms with van der Waals surface area (Å²) in [7, 11) is 0. The van der Waals surface area contributed by atoms with Crippen LogP contribution in [0.3, 0.4) is 0 Å². The van der Waals surface area contributed by atoms with Gasteiger partial charge in [-0.1, -0.05) is 20.8 Å². The summed E-state index contributed by atoms with van der Waals surface area (Å²) >= 11 is 0. The Morgan fingerprint density at radius 3 is 0.560 bits per heavy atom. The van der Waals surface area contributed by atoms with Gasteiger partial charge in [0.25, 0.3) is 0 Å². The van der Waals surface area contributed by atoms with Crippen molar-refractivity contribution in [3.8, 4) is 0 Å². The van der Waals surface area contributed by atoms with Gasteiger partial charge in [-0.3, -0.25) is 14.4 Å². The smallest absolute Gasteiger partial charge is 0.875 e. The fourth-order valence-electron chi connectivity index (χ4n) is 0.744. The third-order valence-corrected chi connectivity index (χ3v) is 3.17. The Kier molecular flexibility index (Phi) is 19.4. The molecule has 0 spiro atoms. The molecule has 6 nitrogen and oxygen atoms in total. The largest absolute Gasteiger partial charge is 3.00 e. The van der Waals surface area contributed by atoms with Crippen LogP contribution in [0.1, 0.15) is 62.3 Å². The summed E-state index contributed by atoms with van der Waals surface area (Å²) < 4.78 is 0. The van der Waals surface area contributed by atoms with Gasteiger partial charge in [0.05, 0.1) is 0 Å². The Morgan fingerprint density at radius 1 is 0.440 bits per heavy atom. The van der Waals surface area contributed by atoms with Gasteiger partial charge in [0, 0.05) is 0 Å². The topological polar surface area (TPSA) is 120 Å². The van der Waals surface area contributed by atoms with E-state index in [0.29, 0.717) is 16.7 Å². The molecule has 0 aliphatic carbocycles. The van der Waals surface area contributed by atoms with Gasteiger partial charge < -0.3 is 15.3 Å². The van der Waals surface area contributed by atoms with Gasteiger partial charge in [-0.05, 0) is 58.3 Å². The zero-order valence-corrected chi connectivity index (χ0v) is 17.6. The second-order valence-corrected chi connectivity index (χ2v) is 5.21. The molecular formula is C18H27CrO6. The molecule has 25 heavy (non-hydrogen) atoms. The van der Waals surface area contributed by atoms with E-state index in [2.05, 4.69) is 0 Å². The quantitative estimate of drug-likeness (QED) is 0.515. The predicted molar refractivity (Wildman–Crippen MR) is 87.2 cm³/mol. The average molecular weight is 391 g/mol. The van der Waals surface area contributed by atoms with E-state index in [-0.39, 0.29) is 52.0 Å². The Balaban J connectivity index is -0.000000130.